The van der Waals surface area contributed by atoms with E-state index < -0.39 is 17.9 Å². The van der Waals surface area contributed by atoms with E-state index in [1.54, 1.807) is 54.3 Å². The number of rotatable bonds is 8. The highest BCUT2D eigenvalue weighted by atomic mass is 79.9. The molecule has 0 radical (unpaired) electrons. The Kier molecular flexibility index (Phi) is 10.1. The van der Waals surface area contributed by atoms with Crippen LogP contribution in [0.2, 0.25) is 0 Å². The Hall–Kier alpha value is -2.91. The van der Waals surface area contributed by atoms with Gasteiger partial charge in [-0.25, -0.2) is 0 Å². The Labute approximate surface area is 213 Å². The molecule has 1 atom stereocenters. The molecule has 1 aliphatic rings. The molecule has 0 saturated carbocycles. The lowest BCUT2D eigenvalue weighted by atomic mass is 10.00. The Bertz CT molecular complexity index is 1070. The van der Waals surface area contributed by atoms with Crippen LogP contribution in [0.5, 0.6) is 0 Å². The van der Waals surface area contributed by atoms with Crippen LogP contribution < -0.4 is 11.1 Å². The highest BCUT2D eigenvalue weighted by molar-refractivity contribution is 9.10. The summed E-state index contributed by atoms with van der Waals surface area (Å²) in [6.45, 7) is 3.42. The quantitative estimate of drug-likeness (QED) is 0.261. The number of carbonyl (C=O) groups excluding carboxylic acids is 3. The van der Waals surface area contributed by atoms with Gasteiger partial charge in [-0.3, -0.25) is 19.8 Å². The van der Waals surface area contributed by atoms with Crippen LogP contribution in [0.15, 0.2) is 46.9 Å². The van der Waals surface area contributed by atoms with Crippen molar-refractivity contribution in [1.29, 1.82) is 5.41 Å². The van der Waals surface area contributed by atoms with Crippen LogP contribution in [-0.2, 0) is 9.53 Å². The fourth-order valence-electron chi connectivity index (χ4n) is 3.72. The van der Waals surface area contributed by atoms with Crippen LogP contribution in [0.3, 0.4) is 0 Å². The van der Waals surface area contributed by atoms with Gasteiger partial charge in [0.25, 0.3) is 11.8 Å². The van der Waals surface area contributed by atoms with Gasteiger partial charge in [0.05, 0.1) is 24.6 Å². The second-order valence-electron chi connectivity index (χ2n) is 7.77. The van der Waals surface area contributed by atoms with Gasteiger partial charge in [-0.15, -0.1) is 12.4 Å². The van der Waals surface area contributed by atoms with Crippen LogP contribution in [0.4, 0.5) is 0 Å². The van der Waals surface area contributed by atoms with Crippen LogP contribution >= 0.6 is 28.3 Å². The van der Waals surface area contributed by atoms with Crippen LogP contribution in [-0.4, -0.2) is 48.2 Å². The molecule has 1 saturated heterocycles. The average Bonchev–Trinajstić information content (AvgIpc) is 3.33. The van der Waals surface area contributed by atoms with E-state index in [0.717, 1.165) is 25.9 Å². The smallest absolute Gasteiger partial charge is 0.308 e. The van der Waals surface area contributed by atoms with Gasteiger partial charge >= 0.3 is 5.97 Å². The lowest BCUT2D eigenvalue weighted by Crippen LogP contribution is -2.31. The molecule has 34 heavy (non-hydrogen) atoms. The molecule has 0 spiro atoms. The maximum Gasteiger partial charge on any atom is 0.308 e. The number of nitrogens with one attached hydrogen (secondary N) is 2. The number of likely N-dealkylation sites (tertiary alicyclic amines) is 1. The van der Waals surface area contributed by atoms with E-state index in [0.29, 0.717) is 26.7 Å². The third kappa shape index (κ3) is 6.80. The first-order chi connectivity index (χ1) is 15.8. The number of carbonyl (C=O) groups is 3. The number of nitrogens with two attached hydrogens (primary N) is 1. The van der Waals surface area contributed by atoms with E-state index in [1.165, 1.54) is 0 Å². The zero-order valence-electron chi connectivity index (χ0n) is 18.8. The van der Waals surface area contributed by atoms with Crippen molar-refractivity contribution < 1.29 is 19.1 Å². The fraction of sp³-hybridized carbons (Fsp3) is 0.333. The molecule has 10 heteroatoms. The molecule has 4 N–H and O–H groups in total. The van der Waals surface area contributed by atoms with Crippen LogP contribution in [0.25, 0.3) is 0 Å². The van der Waals surface area contributed by atoms with Gasteiger partial charge in [0.15, 0.2) is 0 Å². The Balaban J connectivity index is 0.00000408. The highest BCUT2D eigenvalue weighted by Gasteiger charge is 2.24. The fourth-order valence-corrected chi connectivity index (χ4v) is 4.27. The number of hydrogen-bond donors (Lipinski definition) is 3. The molecule has 1 heterocycles. The monoisotopic (exact) mass is 550 g/mol. The minimum atomic E-state index is -0.680. The van der Waals surface area contributed by atoms with Crippen LogP contribution in [0, 0.1) is 5.41 Å². The molecule has 1 fully saturated rings. The maximum atomic E-state index is 13.0. The van der Waals surface area contributed by atoms with Gasteiger partial charge in [-0.05, 0) is 65.5 Å². The molecule has 2 amide bonds. The topological polar surface area (TPSA) is 126 Å². The number of ether oxygens (including phenoxy) is 1. The van der Waals surface area contributed by atoms with Gasteiger partial charge in [-0.1, -0.05) is 18.2 Å². The number of halogens is 2. The summed E-state index contributed by atoms with van der Waals surface area (Å²) in [5.41, 5.74) is 7.56. The number of amides is 2. The summed E-state index contributed by atoms with van der Waals surface area (Å²) in [6.07, 6.45) is 1.92. The van der Waals surface area contributed by atoms with Crippen molar-refractivity contribution in [2.45, 2.75) is 32.2 Å². The van der Waals surface area contributed by atoms with E-state index in [-0.39, 0.29) is 37.2 Å². The molecule has 2 aromatic rings. The van der Waals surface area contributed by atoms with Crippen molar-refractivity contribution in [3.8, 4) is 0 Å². The maximum absolute atomic E-state index is 13.0. The first-order valence-electron chi connectivity index (χ1n) is 10.8. The summed E-state index contributed by atoms with van der Waals surface area (Å²) >= 11 is 3.42. The third-order valence-electron chi connectivity index (χ3n) is 5.44. The van der Waals surface area contributed by atoms with E-state index in [4.69, 9.17) is 15.9 Å². The third-order valence-corrected chi connectivity index (χ3v) is 6.09. The summed E-state index contributed by atoms with van der Waals surface area (Å²) in [7, 11) is 0. The zero-order chi connectivity index (χ0) is 24.0. The van der Waals surface area contributed by atoms with Gasteiger partial charge in [0.1, 0.15) is 5.84 Å². The SMILES string of the molecule is CCOC(=O)CC(NC(=O)c1ccc(C(=O)N2CCCC2)c(Br)c1)c1cccc(C(=N)N)c1.Cl. The highest BCUT2D eigenvalue weighted by Crippen LogP contribution is 2.24. The van der Waals surface area contributed by atoms with Gasteiger partial charge < -0.3 is 20.7 Å². The summed E-state index contributed by atoms with van der Waals surface area (Å²) < 4.78 is 5.60. The van der Waals surface area contributed by atoms with Crippen molar-refractivity contribution >= 4 is 52.0 Å². The number of esters is 1. The molecule has 0 bridgehead atoms. The molecule has 1 aliphatic heterocycles. The molecule has 8 nitrogen and oxygen atoms in total. The van der Waals surface area contributed by atoms with E-state index >= 15 is 0 Å². The minimum absolute atomic E-state index is 0. The average molecular weight is 552 g/mol. The van der Waals surface area contributed by atoms with Gasteiger partial charge in [0, 0.05) is 28.7 Å². The Morgan fingerprint density at radius 1 is 1.15 bits per heavy atom. The second-order valence-corrected chi connectivity index (χ2v) is 8.62. The van der Waals surface area contributed by atoms with Crippen molar-refractivity contribution in [2.24, 2.45) is 5.73 Å². The van der Waals surface area contributed by atoms with Crippen molar-refractivity contribution in [1.82, 2.24) is 10.2 Å². The standard InChI is InChI=1S/C24H27BrN4O4.ClH/c1-2-33-21(30)14-20(15-6-5-7-16(12-15)22(26)27)28-23(31)17-8-9-18(19(25)13-17)24(32)29-10-3-4-11-29;/h5-9,12-13,20H,2-4,10-11,14H2,1H3,(H3,26,27)(H,28,31);1H. The van der Waals surface area contributed by atoms with Gasteiger partial charge in [-0.2, -0.15) is 0 Å². The summed E-state index contributed by atoms with van der Waals surface area (Å²) in [6, 6.07) is 11.0. The number of amidine groups is 1. The summed E-state index contributed by atoms with van der Waals surface area (Å²) in [5.74, 6) is -1.03. The molecule has 0 aliphatic carbocycles. The Morgan fingerprint density at radius 3 is 2.47 bits per heavy atom. The van der Waals surface area contributed by atoms with Gasteiger partial charge in [0.2, 0.25) is 0 Å². The van der Waals surface area contributed by atoms with E-state index in [9.17, 15) is 14.4 Å². The molecular weight excluding hydrogens is 524 g/mol. The lowest BCUT2D eigenvalue weighted by molar-refractivity contribution is -0.143. The van der Waals surface area contributed by atoms with Crippen molar-refractivity contribution in [3.05, 3.63) is 69.2 Å². The molecule has 0 aromatic heterocycles. The molecule has 2 aromatic carbocycles. The predicted molar refractivity (Wildman–Crippen MR) is 135 cm³/mol. The lowest BCUT2D eigenvalue weighted by Gasteiger charge is -2.20. The molecule has 182 valence electrons. The Morgan fingerprint density at radius 2 is 1.85 bits per heavy atom. The number of nitrogen functional groups attached to an aromatic ring is 1. The number of benzene rings is 2. The molecule has 3 rings (SSSR count). The van der Waals surface area contributed by atoms with E-state index in [1.807, 2.05) is 0 Å². The molecule has 1 unspecified atom stereocenters. The largest absolute Gasteiger partial charge is 0.466 e. The summed E-state index contributed by atoms with van der Waals surface area (Å²) in [5, 5.41) is 10.5. The van der Waals surface area contributed by atoms with Crippen molar-refractivity contribution in [2.75, 3.05) is 19.7 Å². The normalized spacial score (nSPS) is 13.5. The number of nitrogens with zero attached hydrogens (tertiary/aromatic N) is 1. The molecular formula is C24H28BrClN4O4. The first-order valence-corrected chi connectivity index (χ1v) is 11.6. The van der Waals surface area contributed by atoms with E-state index in [2.05, 4.69) is 21.2 Å². The van der Waals surface area contributed by atoms with Crippen LogP contribution in [0.1, 0.15) is 64.1 Å². The summed E-state index contributed by atoms with van der Waals surface area (Å²) in [4.78, 5) is 39.7. The minimum Gasteiger partial charge on any atom is -0.466 e. The number of hydrogen-bond acceptors (Lipinski definition) is 5. The predicted octanol–water partition coefficient (Wildman–Crippen LogP) is 3.82. The zero-order valence-corrected chi connectivity index (χ0v) is 21.2. The first kappa shape index (κ1) is 27.3. The second kappa shape index (κ2) is 12.5. The van der Waals surface area contributed by atoms with Crippen molar-refractivity contribution in [3.63, 3.8) is 0 Å².